The molecule has 0 bridgehead atoms. The third-order valence-electron chi connectivity index (χ3n) is 3.13. The van der Waals surface area contributed by atoms with E-state index in [0.29, 0.717) is 24.1 Å². The van der Waals surface area contributed by atoms with Gasteiger partial charge in [-0.15, -0.1) is 0 Å². The van der Waals surface area contributed by atoms with Gasteiger partial charge in [-0.25, -0.2) is 4.79 Å². The maximum Gasteiger partial charge on any atom is 0.341 e. The third-order valence-corrected chi connectivity index (χ3v) is 3.13. The van der Waals surface area contributed by atoms with Gasteiger partial charge in [0.15, 0.2) is 5.75 Å². The number of hydrogen-bond donors (Lipinski definition) is 1. The summed E-state index contributed by atoms with van der Waals surface area (Å²) in [5.74, 6) is -0.750. The molecule has 2 N–H and O–H groups in total. The zero-order valence-corrected chi connectivity index (χ0v) is 13.1. The monoisotopic (exact) mass is 293 g/mol. The fourth-order valence-corrected chi connectivity index (χ4v) is 2.21. The fourth-order valence-electron chi connectivity index (χ4n) is 2.21. The topological polar surface area (TPSA) is 78.6 Å². The zero-order chi connectivity index (χ0) is 16.0. The van der Waals surface area contributed by atoms with Gasteiger partial charge >= 0.3 is 11.9 Å². The Labute approximate surface area is 125 Å². The van der Waals surface area contributed by atoms with Crippen molar-refractivity contribution in [1.29, 1.82) is 0 Å². The second-order valence-corrected chi connectivity index (χ2v) is 4.72. The van der Waals surface area contributed by atoms with E-state index in [4.69, 9.17) is 15.2 Å². The lowest BCUT2D eigenvalue weighted by atomic mass is 9.96. The van der Waals surface area contributed by atoms with E-state index >= 15 is 0 Å². The molecule has 0 fully saturated rings. The van der Waals surface area contributed by atoms with E-state index in [0.717, 1.165) is 12.0 Å². The molecule has 0 amide bonds. The molecule has 1 rings (SSSR count). The molecule has 0 heterocycles. The Balaban J connectivity index is 3.53. The van der Waals surface area contributed by atoms with Crippen LogP contribution in [0.5, 0.6) is 5.75 Å². The maximum absolute atomic E-state index is 12.1. The van der Waals surface area contributed by atoms with Gasteiger partial charge in [0.1, 0.15) is 5.56 Å². The molecule has 0 radical (unpaired) electrons. The SMILES string of the molecule is CCCc1c(N)c(CC)cc(C(=O)OCC)c1OC(C)=O. The number of rotatable bonds is 6. The van der Waals surface area contributed by atoms with E-state index in [-0.39, 0.29) is 17.9 Å². The van der Waals surface area contributed by atoms with Gasteiger partial charge < -0.3 is 15.2 Å². The summed E-state index contributed by atoms with van der Waals surface area (Å²) in [6, 6.07) is 1.66. The van der Waals surface area contributed by atoms with Crippen LogP contribution in [0.3, 0.4) is 0 Å². The van der Waals surface area contributed by atoms with Crippen LogP contribution in [0.1, 0.15) is 55.6 Å². The molecule has 21 heavy (non-hydrogen) atoms. The molecule has 0 saturated heterocycles. The first kappa shape index (κ1) is 17.0. The number of aryl methyl sites for hydroxylation is 1. The fraction of sp³-hybridized carbons (Fsp3) is 0.500. The molecule has 1 aromatic rings. The number of nitrogens with two attached hydrogens (primary N) is 1. The minimum Gasteiger partial charge on any atom is -0.462 e. The van der Waals surface area contributed by atoms with E-state index in [2.05, 4.69) is 0 Å². The standard InChI is InChI=1S/C16H23NO4/c1-5-8-12-14(17)11(6-2)9-13(16(19)20-7-3)15(12)21-10(4)18/h9H,5-8,17H2,1-4H3. The molecule has 5 nitrogen and oxygen atoms in total. The van der Waals surface area contributed by atoms with E-state index in [9.17, 15) is 9.59 Å². The summed E-state index contributed by atoms with van der Waals surface area (Å²) in [5, 5.41) is 0. The molecule has 0 aromatic heterocycles. The number of anilines is 1. The summed E-state index contributed by atoms with van der Waals surface area (Å²) in [5.41, 5.74) is 8.57. The minimum absolute atomic E-state index is 0.234. The number of carbonyl (C=O) groups is 2. The Morgan fingerprint density at radius 2 is 1.90 bits per heavy atom. The number of nitrogen functional groups attached to an aromatic ring is 1. The summed E-state index contributed by atoms with van der Waals surface area (Å²) < 4.78 is 10.3. The van der Waals surface area contributed by atoms with Gasteiger partial charge in [-0.3, -0.25) is 4.79 Å². The van der Waals surface area contributed by atoms with Gasteiger partial charge in [0, 0.05) is 18.2 Å². The number of benzene rings is 1. The number of esters is 2. The second kappa shape index (κ2) is 7.67. The van der Waals surface area contributed by atoms with E-state index in [1.807, 2.05) is 13.8 Å². The van der Waals surface area contributed by atoms with Crippen LogP contribution < -0.4 is 10.5 Å². The van der Waals surface area contributed by atoms with E-state index in [1.165, 1.54) is 6.92 Å². The van der Waals surface area contributed by atoms with Gasteiger partial charge in [0.2, 0.25) is 0 Å². The van der Waals surface area contributed by atoms with E-state index in [1.54, 1.807) is 13.0 Å². The quantitative estimate of drug-likeness (QED) is 0.495. The summed E-state index contributed by atoms with van der Waals surface area (Å²) in [6.07, 6.45) is 2.15. The van der Waals surface area contributed by atoms with Crippen molar-refractivity contribution in [3.05, 3.63) is 22.8 Å². The van der Waals surface area contributed by atoms with Crippen molar-refractivity contribution in [1.82, 2.24) is 0 Å². The van der Waals surface area contributed by atoms with Crippen molar-refractivity contribution in [3.63, 3.8) is 0 Å². The summed E-state index contributed by atoms with van der Waals surface area (Å²) in [6.45, 7) is 7.25. The summed E-state index contributed by atoms with van der Waals surface area (Å²) in [7, 11) is 0. The highest BCUT2D eigenvalue weighted by atomic mass is 16.5. The first-order valence-corrected chi connectivity index (χ1v) is 7.25. The number of ether oxygens (including phenoxy) is 2. The van der Waals surface area contributed by atoms with Crippen molar-refractivity contribution in [2.45, 2.75) is 47.0 Å². The molecule has 5 heteroatoms. The van der Waals surface area contributed by atoms with Crippen molar-refractivity contribution in [2.75, 3.05) is 12.3 Å². The predicted octanol–water partition coefficient (Wildman–Crippen LogP) is 2.89. The van der Waals surface area contributed by atoms with Crippen LogP contribution in [-0.2, 0) is 22.4 Å². The number of carbonyl (C=O) groups excluding carboxylic acids is 2. The lowest BCUT2D eigenvalue weighted by Crippen LogP contribution is -2.15. The Hall–Kier alpha value is -2.04. The largest absolute Gasteiger partial charge is 0.462 e. The molecule has 0 spiro atoms. The molecule has 116 valence electrons. The molecule has 0 aliphatic carbocycles. The molecular weight excluding hydrogens is 270 g/mol. The lowest BCUT2D eigenvalue weighted by molar-refractivity contribution is -0.131. The van der Waals surface area contributed by atoms with Gasteiger partial charge in [-0.2, -0.15) is 0 Å². The molecule has 0 atom stereocenters. The van der Waals surface area contributed by atoms with Crippen LogP contribution in [0.25, 0.3) is 0 Å². The lowest BCUT2D eigenvalue weighted by Gasteiger charge is -2.18. The van der Waals surface area contributed by atoms with Crippen molar-refractivity contribution in [3.8, 4) is 5.75 Å². The first-order valence-electron chi connectivity index (χ1n) is 7.25. The Bertz CT molecular complexity index is 538. The predicted molar refractivity (Wildman–Crippen MR) is 81.5 cm³/mol. The van der Waals surface area contributed by atoms with Crippen LogP contribution in [0.15, 0.2) is 6.07 Å². The molecule has 0 saturated carbocycles. The third kappa shape index (κ3) is 3.97. The van der Waals surface area contributed by atoms with Crippen LogP contribution in [-0.4, -0.2) is 18.5 Å². The van der Waals surface area contributed by atoms with Gasteiger partial charge in [0.05, 0.1) is 6.61 Å². The Morgan fingerprint density at radius 1 is 1.24 bits per heavy atom. The molecule has 0 aliphatic rings. The second-order valence-electron chi connectivity index (χ2n) is 4.72. The number of hydrogen-bond acceptors (Lipinski definition) is 5. The average Bonchev–Trinajstić information content (AvgIpc) is 2.42. The van der Waals surface area contributed by atoms with Crippen LogP contribution in [0.2, 0.25) is 0 Å². The van der Waals surface area contributed by atoms with Crippen LogP contribution in [0, 0.1) is 0 Å². The van der Waals surface area contributed by atoms with Gasteiger partial charge in [-0.05, 0) is 31.4 Å². The molecular formula is C16H23NO4. The van der Waals surface area contributed by atoms with Gasteiger partial charge in [0.25, 0.3) is 0 Å². The highest BCUT2D eigenvalue weighted by molar-refractivity contribution is 5.95. The highest BCUT2D eigenvalue weighted by Crippen LogP contribution is 2.34. The maximum atomic E-state index is 12.1. The van der Waals surface area contributed by atoms with Crippen LogP contribution >= 0.6 is 0 Å². The Kier molecular flexibility index (Phi) is 6.21. The van der Waals surface area contributed by atoms with Gasteiger partial charge in [-0.1, -0.05) is 20.3 Å². The normalized spacial score (nSPS) is 10.3. The highest BCUT2D eigenvalue weighted by Gasteiger charge is 2.23. The average molecular weight is 293 g/mol. The van der Waals surface area contributed by atoms with Crippen LogP contribution in [0.4, 0.5) is 5.69 Å². The zero-order valence-electron chi connectivity index (χ0n) is 13.1. The molecule has 0 aliphatic heterocycles. The Morgan fingerprint density at radius 3 is 2.38 bits per heavy atom. The first-order chi connectivity index (χ1) is 9.96. The minimum atomic E-state index is -0.499. The summed E-state index contributed by atoms with van der Waals surface area (Å²) in [4.78, 5) is 23.5. The van der Waals surface area contributed by atoms with E-state index < -0.39 is 11.9 Å². The summed E-state index contributed by atoms with van der Waals surface area (Å²) >= 11 is 0. The van der Waals surface area contributed by atoms with Crippen molar-refractivity contribution in [2.24, 2.45) is 0 Å². The van der Waals surface area contributed by atoms with Crippen molar-refractivity contribution < 1.29 is 19.1 Å². The molecule has 0 unspecified atom stereocenters. The van der Waals surface area contributed by atoms with Crippen molar-refractivity contribution >= 4 is 17.6 Å². The molecule has 1 aromatic carbocycles. The smallest absolute Gasteiger partial charge is 0.341 e.